The van der Waals surface area contributed by atoms with Crippen molar-refractivity contribution >= 4 is 35.3 Å². The van der Waals surface area contributed by atoms with Crippen molar-refractivity contribution in [3.63, 3.8) is 0 Å². The van der Waals surface area contributed by atoms with Crippen molar-refractivity contribution in [1.29, 1.82) is 0 Å². The Morgan fingerprint density at radius 3 is 2.76 bits per heavy atom. The molecule has 29 heavy (non-hydrogen) atoms. The van der Waals surface area contributed by atoms with Gasteiger partial charge in [0.2, 0.25) is 17.6 Å². The van der Waals surface area contributed by atoms with E-state index in [0.717, 1.165) is 10.5 Å². The number of hydrogen-bond acceptors (Lipinski definition) is 7. The highest BCUT2D eigenvalue weighted by Gasteiger charge is 2.23. The molecular weight excluding hydrogens is 390 g/mol. The third-order valence-corrected chi connectivity index (χ3v) is 5.21. The fraction of sp³-hybridized carbons (Fsp3) is 0.100. The molecule has 8 nitrogen and oxygen atoms in total. The summed E-state index contributed by atoms with van der Waals surface area (Å²) in [5.41, 5.74) is 7.26. The number of amides is 2. The summed E-state index contributed by atoms with van der Waals surface area (Å²) in [4.78, 5) is 33.2. The van der Waals surface area contributed by atoms with E-state index in [9.17, 15) is 9.59 Å². The van der Waals surface area contributed by atoms with Crippen LogP contribution in [0.25, 0.3) is 0 Å². The zero-order valence-corrected chi connectivity index (χ0v) is 16.0. The second-order valence-electron chi connectivity index (χ2n) is 6.25. The molecule has 146 valence electrons. The topological polar surface area (TPSA) is 123 Å². The number of nitrogens with zero attached hydrogens (tertiary/aromatic N) is 2. The molecule has 1 aromatic heterocycles. The maximum absolute atomic E-state index is 12.6. The molecule has 2 aromatic carbocycles. The molecule has 4 N–H and O–H groups in total. The summed E-state index contributed by atoms with van der Waals surface area (Å²) in [6, 6.07) is 14.6. The molecule has 0 aliphatic carbocycles. The van der Waals surface area contributed by atoms with Gasteiger partial charge < -0.3 is 20.2 Å². The molecular formula is C20H17N5O3S. The Hall–Kier alpha value is -3.59. The molecule has 0 spiro atoms. The highest BCUT2D eigenvalue weighted by atomic mass is 32.2. The van der Waals surface area contributed by atoms with Gasteiger partial charge in [0.15, 0.2) is 0 Å². The number of carbonyl (C=O) groups excluding carboxylic acids is 2. The number of rotatable bonds is 6. The normalized spacial score (nSPS) is 13.6. The van der Waals surface area contributed by atoms with Crippen LogP contribution in [0.2, 0.25) is 0 Å². The summed E-state index contributed by atoms with van der Waals surface area (Å²) in [6.45, 7) is 0.294. The summed E-state index contributed by atoms with van der Waals surface area (Å²) in [5, 5.41) is 2.88. The highest BCUT2D eigenvalue weighted by Crippen LogP contribution is 2.32. The molecule has 9 heteroatoms. The summed E-state index contributed by atoms with van der Waals surface area (Å²) in [7, 11) is 0. The maximum Gasteiger partial charge on any atom is 0.287 e. The van der Waals surface area contributed by atoms with Gasteiger partial charge in [-0.05, 0) is 35.7 Å². The van der Waals surface area contributed by atoms with Crippen molar-refractivity contribution in [2.24, 2.45) is 10.7 Å². The van der Waals surface area contributed by atoms with Gasteiger partial charge in [0.05, 0.1) is 22.7 Å². The SMILES string of the molecule is NC(=O)c1ccc2c(c1)SNC(C(=O)NCC(c1ccccc1)c1ncco1)=N2. The number of aliphatic imine (C=N–C) groups is 1. The summed E-state index contributed by atoms with van der Waals surface area (Å²) < 4.78 is 8.36. The lowest BCUT2D eigenvalue weighted by Gasteiger charge is -2.18. The average Bonchev–Trinajstić information content (AvgIpc) is 3.28. The van der Waals surface area contributed by atoms with E-state index in [1.54, 1.807) is 24.4 Å². The van der Waals surface area contributed by atoms with Gasteiger partial charge in [-0.15, -0.1) is 0 Å². The van der Waals surface area contributed by atoms with Crippen molar-refractivity contribution < 1.29 is 14.0 Å². The summed E-state index contributed by atoms with van der Waals surface area (Å²) in [6.07, 6.45) is 3.08. The predicted molar refractivity (Wildman–Crippen MR) is 109 cm³/mol. The van der Waals surface area contributed by atoms with Crippen LogP contribution in [-0.2, 0) is 4.79 Å². The van der Waals surface area contributed by atoms with Gasteiger partial charge in [-0.25, -0.2) is 9.98 Å². The van der Waals surface area contributed by atoms with Gasteiger partial charge in [-0.1, -0.05) is 30.3 Å². The first-order valence-electron chi connectivity index (χ1n) is 8.80. The minimum absolute atomic E-state index is 0.175. The van der Waals surface area contributed by atoms with Crippen LogP contribution >= 0.6 is 11.9 Å². The van der Waals surface area contributed by atoms with Crippen molar-refractivity contribution in [3.05, 3.63) is 78.0 Å². The zero-order valence-electron chi connectivity index (χ0n) is 15.2. The van der Waals surface area contributed by atoms with E-state index in [2.05, 4.69) is 20.0 Å². The number of carbonyl (C=O) groups is 2. The van der Waals surface area contributed by atoms with Crippen LogP contribution in [-0.4, -0.2) is 29.2 Å². The molecule has 0 radical (unpaired) electrons. The van der Waals surface area contributed by atoms with Crippen LogP contribution in [0.1, 0.15) is 27.7 Å². The molecule has 0 saturated carbocycles. The monoisotopic (exact) mass is 407 g/mol. The van der Waals surface area contributed by atoms with E-state index in [-0.39, 0.29) is 17.7 Å². The maximum atomic E-state index is 12.6. The lowest BCUT2D eigenvalue weighted by atomic mass is 9.99. The van der Waals surface area contributed by atoms with Gasteiger partial charge >= 0.3 is 0 Å². The number of nitrogens with one attached hydrogen (secondary N) is 2. The Kier molecular flexibility index (Phi) is 5.30. The van der Waals surface area contributed by atoms with E-state index in [1.807, 2.05) is 30.3 Å². The Morgan fingerprint density at radius 1 is 1.21 bits per heavy atom. The molecule has 0 saturated heterocycles. The zero-order chi connectivity index (χ0) is 20.2. The van der Waals surface area contributed by atoms with Crippen LogP contribution in [0.5, 0.6) is 0 Å². The van der Waals surface area contributed by atoms with Gasteiger partial charge in [0.1, 0.15) is 6.26 Å². The average molecular weight is 407 g/mol. The first-order valence-corrected chi connectivity index (χ1v) is 9.61. The van der Waals surface area contributed by atoms with Crippen molar-refractivity contribution in [2.45, 2.75) is 10.8 Å². The first-order chi connectivity index (χ1) is 14.1. The Bertz CT molecular complexity index is 1070. The largest absolute Gasteiger partial charge is 0.448 e. The van der Waals surface area contributed by atoms with Crippen LogP contribution in [0.15, 0.2) is 75.3 Å². The third-order valence-electron chi connectivity index (χ3n) is 4.37. The molecule has 2 heterocycles. The number of benzene rings is 2. The fourth-order valence-electron chi connectivity index (χ4n) is 2.90. The van der Waals surface area contributed by atoms with Crippen molar-refractivity contribution in [1.82, 2.24) is 15.0 Å². The van der Waals surface area contributed by atoms with Gasteiger partial charge in [0.25, 0.3) is 5.91 Å². The highest BCUT2D eigenvalue weighted by molar-refractivity contribution is 7.98. The molecule has 1 unspecified atom stereocenters. The van der Waals surface area contributed by atoms with E-state index in [4.69, 9.17) is 10.2 Å². The Morgan fingerprint density at radius 2 is 2.03 bits per heavy atom. The molecule has 2 amide bonds. The molecule has 3 aromatic rings. The number of amidine groups is 1. The van der Waals surface area contributed by atoms with Gasteiger partial charge in [0, 0.05) is 12.1 Å². The second-order valence-corrected chi connectivity index (χ2v) is 7.10. The minimum Gasteiger partial charge on any atom is -0.448 e. The first kappa shape index (κ1) is 18.8. The number of fused-ring (bicyclic) bond motifs is 1. The van der Waals surface area contributed by atoms with Gasteiger partial charge in [-0.2, -0.15) is 0 Å². The lowest BCUT2D eigenvalue weighted by molar-refractivity contribution is -0.115. The standard InChI is InChI=1S/C20H17N5O3S/c21-17(26)13-6-7-15-16(10-13)29-25-18(24-15)19(27)23-11-14(20-22-8-9-28-20)12-4-2-1-3-5-12/h1-10,14H,11H2,(H2,21,26)(H,23,27)(H,24,25). The number of nitrogens with two attached hydrogens (primary N) is 1. The molecule has 0 fully saturated rings. The smallest absolute Gasteiger partial charge is 0.287 e. The molecule has 1 aliphatic heterocycles. The summed E-state index contributed by atoms with van der Waals surface area (Å²) in [5.74, 6) is -0.395. The fourth-order valence-corrected chi connectivity index (χ4v) is 3.65. The number of aromatic nitrogens is 1. The van der Waals surface area contributed by atoms with Crippen molar-refractivity contribution in [2.75, 3.05) is 6.54 Å². The quantitative estimate of drug-likeness (QED) is 0.539. The van der Waals surface area contributed by atoms with E-state index in [0.29, 0.717) is 23.7 Å². The van der Waals surface area contributed by atoms with Crippen LogP contribution in [0.3, 0.4) is 0 Å². The molecule has 1 atom stereocenters. The van der Waals surface area contributed by atoms with E-state index < -0.39 is 5.91 Å². The van der Waals surface area contributed by atoms with E-state index in [1.165, 1.54) is 18.2 Å². The number of primary amides is 1. The number of hydrogen-bond donors (Lipinski definition) is 3. The van der Waals surface area contributed by atoms with Gasteiger partial charge in [-0.3, -0.25) is 9.59 Å². The van der Waals surface area contributed by atoms with Crippen LogP contribution < -0.4 is 15.8 Å². The number of oxazole rings is 1. The third kappa shape index (κ3) is 4.14. The van der Waals surface area contributed by atoms with E-state index >= 15 is 0 Å². The molecule has 1 aliphatic rings. The predicted octanol–water partition coefficient (Wildman–Crippen LogP) is 2.36. The Balaban J connectivity index is 1.49. The van der Waals surface area contributed by atoms with Crippen molar-refractivity contribution in [3.8, 4) is 0 Å². The Labute approximate surface area is 170 Å². The molecule has 4 rings (SSSR count). The van der Waals surface area contributed by atoms with Crippen LogP contribution in [0.4, 0.5) is 5.69 Å². The second kappa shape index (κ2) is 8.19. The van der Waals surface area contributed by atoms with Crippen LogP contribution in [0, 0.1) is 0 Å². The summed E-state index contributed by atoms with van der Waals surface area (Å²) >= 11 is 1.20. The molecule has 0 bridgehead atoms. The minimum atomic E-state index is -0.514. The lowest BCUT2D eigenvalue weighted by Crippen LogP contribution is -2.40.